The molecule has 5 N–H and O–H groups in total. The van der Waals surface area contributed by atoms with Gasteiger partial charge in [-0.2, -0.15) is 0 Å². The Morgan fingerprint density at radius 1 is 1.35 bits per heavy atom. The second-order valence-electron chi connectivity index (χ2n) is 7.40. The maximum Gasteiger partial charge on any atom is 0.265 e. The molecular formula is C20H23N7O4. The number of nitrogens with zero attached hydrogens (tertiary/aromatic N) is 3. The maximum absolute atomic E-state index is 12.0. The molecule has 0 bridgehead atoms. The van der Waals surface area contributed by atoms with E-state index in [2.05, 4.69) is 26.5 Å². The first-order chi connectivity index (χ1) is 15.1. The summed E-state index contributed by atoms with van der Waals surface area (Å²) in [6, 6.07) is 8.88. The van der Waals surface area contributed by atoms with Crippen LogP contribution in [0.3, 0.4) is 0 Å². The standard InChI is InChI=1S/C20H23N7O4/c1-26-7-6-11-9-14-17(31-10-30-14)18(29-2)15(11)16(26)19-23-24-25-27(19)13-5-3-4-12(8-13)20(28)22-21/h3-5,8-9,16,24-25H,6-7,10,21H2,1-2H3,(H,22,28). The number of benzene rings is 2. The van der Waals surface area contributed by atoms with Gasteiger partial charge in [0.15, 0.2) is 17.3 Å². The Kier molecular flexibility index (Phi) is 4.77. The van der Waals surface area contributed by atoms with Crippen molar-refractivity contribution in [3.05, 3.63) is 47.0 Å². The summed E-state index contributed by atoms with van der Waals surface area (Å²) in [6.45, 7) is 0.990. The van der Waals surface area contributed by atoms with Gasteiger partial charge in [-0.1, -0.05) is 6.07 Å². The lowest BCUT2D eigenvalue weighted by atomic mass is 9.90. The van der Waals surface area contributed by atoms with Gasteiger partial charge in [-0.25, -0.2) is 16.4 Å². The number of nitrogen functional groups attached to an aromatic ring is 1. The number of ether oxygens (including phenoxy) is 3. The van der Waals surface area contributed by atoms with Crippen molar-refractivity contribution in [1.29, 1.82) is 0 Å². The number of nitrogens with one attached hydrogen (secondary N) is 3. The summed E-state index contributed by atoms with van der Waals surface area (Å²) >= 11 is 0. The van der Waals surface area contributed by atoms with Crippen LogP contribution in [0.25, 0.3) is 0 Å². The van der Waals surface area contributed by atoms with E-state index in [4.69, 9.17) is 20.1 Å². The largest absolute Gasteiger partial charge is 0.492 e. The molecule has 162 valence electrons. The number of nitrogens with two attached hydrogens (primary N) is 1. The maximum atomic E-state index is 12.0. The van der Waals surface area contributed by atoms with Gasteiger partial charge >= 0.3 is 0 Å². The van der Waals surface area contributed by atoms with Gasteiger partial charge in [0, 0.05) is 17.7 Å². The zero-order valence-electron chi connectivity index (χ0n) is 17.1. The number of carbonyl (C=O) groups is 1. The molecule has 2 aromatic rings. The molecule has 31 heavy (non-hydrogen) atoms. The Hall–Kier alpha value is -3.54. The number of hydrazone groups is 1. The van der Waals surface area contributed by atoms with E-state index in [-0.39, 0.29) is 18.7 Å². The van der Waals surface area contributed by atoms with Crippen LogP contribution in [0.5, 0.6) is 17.2 Å². The van der Waals surface area contributed by atoms with Crippen LogP contribution in [-0.4, -0.2) is 44.1 Å². The van der Waals surface area contributed by atoms with Crippen LogP contribution in [0, 0.1) is 0 Å². The van der Waals surface area contributed by atoms with Crippen LogP contribution in [0.4, 0.5) is 5.69 Å². The normalized spacial score (nSPS) is 19.5. The van der Waals surface area contributed by atoms with Gasteiger partial charge < -0.3 is 14.2 Å². The van der Waals surface area contributed by atoms with E-state index < -0.39 is 0 Å². The molecular weight excluding hydrogens is 402 g/mol. The fourth-order valence-electron chi connectivity index (χ4n) is 4.25. The summed E-state index contributed by atoms with van der Waals surface area (Å²) in [6.07, 6.45) is 0.843. The third kappa shape index (κ3) is 3.10. The Morgan fingerprint density at radius 2 is 2.23 bits per heavy atom. The highest BCUT2D eigenvalue weighted by atomic mass is 16.7. The van der Waals surface area contributed by atoms with Crippen molar-refractivity contribution in [3.63, 3.8) is 0 Å². The summed E-state index contributed by atoms with van der Waals surface area (Å²) in [5.41, 5.74) is 11.3. The lowest BCUT2D eigenvalue weighted by Gasteiger charge is -2.37. The quantitative estimate of drug-likeness (QED) is 0.313. The van der Waals surface area contributed by atoms with Crippen molar-refractivity contribution in [3.8, 4) is 17.2 Å². The first kappa shape index (κ1) is 19.4. The van der Waals surface area contributed by atoms with Crippen molar-refractivity contribution in [2.75, 3.05) is 32.5 Å². The molecule has 3 aliphatic heterocycles. The van der Waals surface area contributed by atoms with E-state index in [0.29, 0.717) is 28.6 Å². The van der Waals surface area contributed by atoms with Gasteiger partial charge in [0.25, 0.3) is 5.91 Å². The van der Waals surface area contributed by atoms with Crippen LogP contribution in [-0.2, 0) is 6.42 Å². The summed E-state index contributed by atoms with van der Waals surface area (Å²) in [4.78, 5) is 14.2. The SMILES string of the molecule is COc1c2c(cc3c1C(C1=NNNN1c1cccc(C(=O)NN)c1)N(C)CC3)OCO2. The lowest BCUT2D eigenvalue weighted by Crippen LogP contribution is -2.48. The first-order valence-corrected chi connectivity index (χ1v) is 9.81. The van der Waals surface area contributed by atoms with Gasteiger partial charge in [-0.3, -0.25) is 15.1 Å². The van der Waals surface area contributed by atoms with Crippen LogP contribution in [0.2, 0.25) is 0 Å². The van der Waals surface area contributed by atoms with Gasteiger partial charge in [-0.05, 0) is 43.3 Å². The molecule has 0 fully saturated rings. The van der Waals surface area contributed by atoms with E-state index in [9.17, 15) is 4.79 Å². The van der Waals surface area contributed by atoms with Crippen molar-refractivity contribution >= 4 is 17.4 Å². The number of methoxy groups -OCH3 is 1. The summed E-state index contributed by atoms with van der Waals surface area (Å²) in [5, 5.41) is 6.32. The molecule has 0 spiro atoms. The molecule has 3 heterocycles. The number of rotatable bonds is 4. The van der Waals surface area contributed by atoms with Crippen molar-refractivity contribution < 1.29 is 19.0 Å². The number of hydrazine groups is 3. The van der Waals surface area contributed by atoms with Gasteiger partial charge in [-0.15, -0.1) is 10.6 Å². The average molecular weight is 425 g/mol. The summed E-state index contributed by atoms with van der Waals surface area (Å²) in [7, 11) is 3.66. The average Bonchev–Trinajstić information content (AvgIpc) is 3.46. The number of amides is 1. The van der Waals surface area contributed by atoms with Crippen LogP contribution < -0.4 is 41.6 Å². The van der Waals surface area contributed by atoms with Crippen molar-refractivity contribution in [1.82, 2.24) is 21.4 Å². The van der Waals surface area contributed by atoms with Crippen molar-refractivity contribution in [2.24, 2.45) is 10.9 Å². The second-order valence-corrected chi connectivity index (χ2v) is 7.40. The minimum absolute atomic E-state index is 0.168. The predicted octanol–water partition coefficient (Wildman–Crippen LogP) is 0.399. The fraction of sp³-hybridized carbons (Fsp3) is 0.300. The highest BCUT2D eigenvalue weighted by Gasteiger charge is 2.40. The molecule has 5 rings (SSSR count). The highest BCUT2D eigenvalue weighted by Crippen LogP contribution is 2.50. The van der Waals surface area contributed by atoms with E-state index >= 15 is 0 Å². The number of carbonyl (C=O) groups excluding carboxylic acids is 1. The topological polar surface area (TPSA) is 126 Å². The van der Waals surface area contributed by atoms with Crippen LogP contribution >= 0.6 is 0 Å². The zero-order valence-corrected chi connectivity index (χ0v) is 17.1. The Labute approximate surface area is 178 Å². The minimum Gasteiger partial charge on any atom is -0.492 e. The molecule has 11 nitrogen and oxygen atoms in total. The van der Waals surface area contributed by atoms with Gasteiger partial charge in [0.2, 0.25) is 12.5 Å². The van der Waals surface area contributed by atoms with E-state index in [1.54, 1.807) is 30.3 Å². The minimum atomic E-state index is -0.373. The van der Waals surface area contributed by atoms with Crippen molar-refractivity contribution in [2.45, 2.75) is 12.5 Å². The van der Waals surface area contributed by atoms with E-state index in [1.807, 2.05) is 19.2 Å². The predicted molar refractivity (Wildman–Crippen MR) is 112 cm³/mol. The fourth-order valence-corrected chi connectivity index (χ4v) is 4.25. The third-order valence-electron chi connectivity index (χ3n) is 5.70. The molecule has 11 heteroatoms. The third-order valence-corrected chi connectivity index (χ3v) is 5.70. The van der Waals surface area contributed by atoms with Gasteiger partial charge in [0.05, 0.1) is 12.8 Å². The molecule has 0 saturated carbocycles. The summed E-state index contributed by atoms with van der Waals surface area (Å²) in [5.74, 6) is 7.57. The highest BCUT2D eigenvalue weighted by molar-refractivity contribution is 6.04. The number of amidine groups is 1. The van der Waals surface area contributed by atoms with E-state index in [0.717, 1.165) is 29.8 Å². The number of hydrogen-bond donors (Lipinski definition) is 4. The van der Waals surface area contributed by atoms with Crippen LogP contribution in [0.1, 0.15) is 27.5 Å². The first-order valence-electron chi connectivity index (χ1n) is 9.81. The second kappa shape index (κ2) is 7.61. The summed E-state index contributed by atoms with van der Waals surface area (Å²) < 4.78 is 17.1. The molecule has 2 aromatic carbocycles. The zero-order chi connectivity index (χ0) is 21.5. The monoisotopic (exact) mass is 425 g/mol. The lowest BCUT2D eigenvalue weighted by molar-refractivity contribution is 0.0953. The van der Waals surface area contributed by atoms with Gasteiger partial charge in [0.1, 0.15) is 6.04 Å². The van der Waals surface area contributed by atoms with Crippen LogP contribution in [0.15, 0.2) is 35.4 Å². The Balaban J connectivity index is 1.59. The molecule has 3 aliphatic rings. The Morgan fingerprint density at radius 3 is 3.03 bits per heavy atom. The molecule has 0 saturated heterocycles. The smallest absolute Gasteiger partial charge is 0.265 e. The molecule has 1 atom stereocenters. The molecule has 1 amide bonds. The molecule has 1 unspecified atom stereocenters. The number of hydrogen-bond acceptors (Lipinski definition) is 10. The molecule has 0 aromatic heterocycles. The van der Waals surface area contributed by atoms with E-state index in [1.165, 1.54) is 0 Å². The number of fused-ring (bicyclic) bond motifs is 2. The number of anilines is 1. The number of likely N-dealkylation sites (N-methyl/N-ethyl adjacent to an activating group) is 1. The molecule has 0 radical (unpaired) electrons. The Bertz CT molecular complexity index is 1070. The molecule has 0 aliphatic carbocycles.